The molecule has 0 bridgehead atoms. The second-order valence-electron chi connectivity index (χ2n) is 11.5. The van der Waals surface area contributed by atoms with E-state index in [1.807, 2.05) is 25.1 Å². The van der Waals surface area contributed by atoms with Gasteiger partial charge in [0.2, 0.25) is 11.8 Å². The molecule has 4 aromatic carbocycles. The van der Waals surface area contributed by atoms with Crippen LogP contribution < -0.4 is 14.4 Å². The molecule has 1 fully saturated rings. The monoisotopic (exact) mass is 643 g/mol. The van der Waals surface area contributed by atoms with Crippen LogP contribution in [0.15, 0.2) is 108 Å². The maximum Gasteiger partial charge on any atom is 0.264 e. The van der Waals surface area contributed by atoms with Crippen LogP contribution in [0.5, 0.6) is 11.5 Å². The SMILES string of the molecule is Cc1ccc(S(=O)(=O)N(CC(=O)N(Cc2ccc(F)cc2)[C@H](C)C(=O)NC2CCCC2)c2ccc(Oc3ccccc3)cc2)cc1. The summed E-state index contributed by atoms with van der Waals surface area (Å²) in [6.07, 6.45) is 3.80. The van der Waals surface area contributed by atoms with Crippen LogP contribution in [0.3, 0.4) is 0 Å². The van der Waals surface area contributed by atoms with Gasteiger partial charge in [-0.3, -0.25) is 13.9 Å². The van der Waals surface area contributed by atoms with Gasteiger partial charge < -0.3 is 15.0 Å². The van der Waals surface area contributed by atoms with Crippen LogP contribution in [-0.4, -0.2) is 43.8 Å². The number of amides is 2. The Hall–Kier alpha value is -4.70. The number of benzene rings is 4. The molecule has 1 saturated carbocycles. The fourth-order valence-electron chi connectivity index (χ4n) is 5.43. The largest absolute Gasteiger partial charge is 0.457 e. The number of halogens is 1. The first-order valence-corrected chi connectivity index (χ1v) is 16.8. The Labute approximate surface area is 269 Å². The lowest BCUT2D eigenvalue weighted by Crippen LogP contribution is -2.52. The predicted octanol–water partition coefficient (Wildman–Crippen LogP) is 6.60. The highest BCUT2D eigenvalue weighted by Crippen LogP contribution is 2.29. The Bertz CT molecular complexity index is 1730. The lowest BCUT2D eigenvalue weighted by atomic mass is 10.1. The van der Waals surface area contributed by atoms with Crippen LogP contribution in [0.25, 0.3) is 0 Å². The fourth-order valence-corrected chi connectivity index (χ4v) is 6.85. The van der Waals surface area contributed by atoms with E-state index in [-0.39, 0.29) is 29.1 Å². The van der Waals surface area contributed by atoms with Crippen molar-refractivity contribution in [2.75, 3.05) is 10.8 Å². The Balaban J connectivity index is 1.46. The quantitative estimate of drug-likeness (QED) is 0.188. The summed E-state index contributed by atoms with van der Waals surface area (Å²) in [5.74, 6) is -0.222. The standard InChI is InChI=1S/C36H38FN3O5S/c1-26-12-22-34(23-13-26)46(43,44)40(31-18-20-33(21-19-31)45-32-10-4-3-5-11-32)25-35(41)39(24-28-14-16-29(37)17-15-28)27(2)36(42)38-30-8-6-7-9-30/h3-5,10-23,27,30H,6-9,24-25H2,1-2H3,(H,38,42)/t27-/m1/s1. The minimum absolute atomic E-state index is 0.0133. The Kier molecular flexibility index (Phi) is 10.4. The summed E-state index contributed by atoms with van der Waals surface area (Å²) >= 11 is 0. The van der Waals surface area contributed by atoms with Crippen molar-refractivity contribution in [3.05, 3.63) is 120 Å². The van der Waals surface area contributed by atoms with E-state index in [1.54, 1.807) is 67.6 Å². The van der Waals surface area contributed by atoms with Crippen LogP contribution in [0.2, 0.25) is 0 Å². The van der Waals surface area contributed by atoms with E-state index in [4.69, 9.17) is 4.74 Å². The summed E-state index contributed by atoms with van der Waals surface area (Å²) in [5, 5.41) is 3.04. The Morgan fingerprint density at radius 2 is 1.48 bits per heavy atom. The van der Waals surface area contributed by atoms with Gasteiger partial charge in [0.25, 0.3) is 10.0 Å². The number of anilines is 1. The number of ether oxygens (including phenoxy) is 1. The number of nitrogens with zero attached hydrogens (tertiary/aromatic N) is 2. The summed E-state index contributed by atoms with van der Waals surface area (Å²) in [7, 11) is -4.22. The molecule has 10 heteroatoms. The van der Waals surface area contributed by atoms with Crippen molar-refractivity contribution in [1.82, 2.24) is 10.2 Å². The average Bonchev–Trinajstić information content (AvgIpc) is 3.57. The van der Waals surface area contributed by atoms with Gasteiger partial charge in [0.1, 0.15) is 29.9 Å². The molecule has 0 unspecified atom stereocenters. The summed E-state index contributed by atoms with van der Waals surface area (Å²) in [6, 6.07) is 26.8. The van der Waals surface area contributed by atoms with Gasteiger partial charge in [-0.25, -0.2) is 12.8 Å². The minimum atomic E-state index is -4.22. The van der Waals surface area contributed by atoms with Gasteiger partial charge in [-0.2, -0.15) is 0 Å². The van der Waals surface area contributed by atoms with Gasteiger partial charge in [-0.05, 0) is 92.9 Å². The zero-order chi connectivity index (χ0) is 32.7. The van der Waals surface area contributed by atoms with Gasteiger partial charge in [0, 0.05) is 12.6 Å². The fraction of sp³-hybridized carbons (Fsp3) is 0.278. The summed E-state index contributed by atoms with van der Waals surface area (Å²) < 4.78 is 48.9. The molecule has 1 N–H and O–H groups in total. The van der Waals surface area contributed by atoms with Gasteiger partial charge >= 0.3 is 0 Å². The Morgan fingerprint density at radius 1 is 0.870 bits per heavy atom. The molecule has 2 amide bonds. The number of hydrogen-bond acceptors (Lipinski definition) is 5. The minimum Gasteiger partial charge on any atom is -0.457 e. The third kappa shape index (κ3) is 8.11. The second-order valence-corrected chi connectivity index (χ2v) is 13.4. The lowest BCUT2D eigenvalue weighted by Gasteiger charge is -2.32. The number of hydrogen-bond donors (Lipinski definition) is 1. The van der Waals surface area contributed by atoms with E-state index in [9.17, 15) is 22.4 Å². The molecule has 0 aromatic heterocycles. The normalized spacial score (nSPS) is 14.0. The molecule has 0 radical (unpaired) electrons. The number of aryl methyl sites for hydroxylation is 1. The number of carbonyl (C=O) groups excluding carboxylic acids is 2. The first-order chi connectivity index (χ1) is 22.1. The van der Waals surface area contributed by atoms with E-state index in [2.05, 4.69) is 5.32 Å². The highest BCUT2D eigenvalue weighted by atomic mass is 32.2. The molecule has 0 heterocycles. The first kappa shape index (κ1) is 32.7. The zero-order valence-electron chi connectivity index (χ0n) is 25.9. The average molecular weight is 644 g/mol. The van der Waals surface area contributed by atoms with Crippen LogP contribution in [0.4, 0.5) is 10.1 Å². The molecule has 1 aliphatic carbocycles. The van der Waals surface area contributed by atoms with Crippen LogP contribution >= 0.6 is 0 Å². The van der Waals surface area contributed by atoms with Crippen molar-refractivity contribution in [1.29, 1.82) is 0 Å². The van der Waals surface area contributed by atoms with E-state index < -0.39 is 34.3 Å². The maximum absolute atomic E-state index is 14.2. The molecule has 8 nitrogen and oxygen atoms in total. The van der Waals surface area contributed by atoms with E-state index in [0.717, 1.165) is 35.6 Å². The van der Waals surface area contributed by atoms with E-state index >= 15 is 0 Å². The third-order valence-electron chi connectivity index (χ3n) is 8.13. The molecule has 1 aliphatic rings. The van der Waals surface area contributed by atoms with Gasteiger partial charge in [0.05, 0.1) is 10.6 Å². The number of para-hydroxylation sites is 1. The lowest BCUT2D eigenvalue weighted by molar-refractivity contribution is -0.139. The molecule has 4 aromatic rings. The van der Waals surface area contributed by atoms with Gasteiger partial charge in [0.15, 0.2) is 0 Å². The molecule has 1 atom stereocenters. The molecule has 5 rings (SSSR count). The summed E-state index contributed by atoms with van der Waals surface area (Å²) in [4.78, 5) is 28.9. The van der Waals surface area contributed by atoms with Crippen LogP contribution in [-0.2, 0) is 26.2 Å². The van der Waals surface area contributed by atoms with E-state index in [1.165, 1.54) is 29.2 Å². The van der Waals surface area contributed by atoms with Crippen LogP contribution in [0.1, 0.15) is 43.7 Å². The van der Waals surface area contributed by atoms with Crippen molar-refractivity contribution < 1.29 is 27.1 Å². The smallest absolute Gasteiger partial charge is 0.264 e. The molecule has 240 valence electrons. The number of sulfonamides is 1. The first-order valence-electron chi connectivity index (χ1n) is 15.4. The van der Waals surface area contributed by atoms with Gasteiger partial charge in [-0.1, -0.05) is 60.9 Å². The van der Waals surface area contributed by atoms with Crippen molar-refractivity contribution in [2.45, 2.75) is 63.1 Å². The molecule has 0 saturated heterocycles. The topological polar surface area (TPSA) is 96.0 Å². The molecule has 46 heavy (non-hydrogen) atoms. The highest BCUT2D eigenvalue weighted by Gasteiger charge is 2.33. The maximum atomic E-state index is 14.2. The number of nitrogens with one attached hydrogen (secondary N) is 1. The van der Waals surface area contributed by atoms with Crippen LogP contribution in [0, 0.1) is 12.7 Å². The summed E-state index contributed by atoms with van der Waals surface area (Å²) in [5.41, 5.74) is 1.74. The van der Waals surface area contributed by atoms with E-state index in [0.29, 0.717) is 17.1 Å². The Morgan fingerprint density at radius 3 is 2.11 bits per heavy atom. The van der Waals surface area contributed by atoms with Crippen molar-refractivity contribution in [2.24, 2.45) is 0 Å². The van der Waals surface area contributed by atoms with Crippen molar-refractivity contribution in [3.63, 3.8) is 0 Å². The highest BCUT2D eigenvalue weighted by molar-refractivity contribution is 7.92. The zero-order valence-corrected chi connectivity index (χ0v) is 26.8. The van der Waals surface area contributed by atoms with Gasteiger partial charge in [-0.15, -0.1) is 0 Å². The number of carbonyl (C=O) groups is 2. The molecule has 0 spiro atoms. The second kappa shape index (κ2) is 14.6. The molecular formula is C36H38FN3O5S. The third-order valence-corrected chi connectivity index (χ3v) is 9.91. The van der Waals surface area contributed by atoms with Crippen molar-refractivity contribution in [3.8, 4) is 11.5 Å². The van der Waals surface area contributed by atoms with Crippen molar-refractivity contribution >= 4 is 27.5 Å². The molecular weight excluding hydrogens is 605 g/mol. The number of rotatable bonds is 12. The molecule has 0 aliphatic heterocycles. The summed E-state index contributed by atoms with van der Waals surface area (Å²) in [6.45, 7) is 2.90. The predicted molar refractivity (Wildman–Crippen MR) is 175 cm³/mol.